The number of fused-ring (bicyclic) bond motifs is 11. The molecule has 12 rings (SSSR count). The van der Waals surface area contributed by atoms with E-state index in [1.807, 2.05) is 23.5 Å². The van der Waals surface area contributed by atoms with Gasteiger partial charge in [-0.25, -0.2) is 0 Å². The van der Waals surface area contributed by atoms with Crippen LogP contribution in [0.4, 0.5) is 17.1 Å². The summed E-state index contributed by atoms with van der Waals surface area (Å²) in [5.41, 5.74) is 11.5. The van der Waals surface area contributed by atoms with E-state index < -0.39 is 0 Å². The lowest BCUT2D eigenvalue weighted by Crippen LogP contribution is -2.11. The third-order valence-electron chi connectivity index (χ3n) is 11.3. The minimum Gasteiger partial charge on any atom is -0.456 e. The first-order valence-electron chi connectivity index (χ1n) is 18.9. The minimum atomic E-state index is 0.889. The molecule has 3 nitrogen and oxygen atoms in total. The summed E-state index contributed by atoms with van der Waals surface area (Å²) in [5.74, 6) is 0. The molecule has 12 aromatic rings. The number of para-hydroxylation sites is 2. The average Bonchev–Trinajstić information content (AvgIpc) is 3.96. The molecule has 0 spiro atoms. The second kappa shape index (κ2) is 12.2. The van der Waals surface area contributed by atoms with Gasteiger partial charge < -0.3 is 13.7 Å². The third kappa shape index (κ3) is 4.70. The Bertz CT molecular complexity index is 3500. The van der Waals surface area contributed by atoms with E-state index in [0.29, 0.717) is 0 Å². The number of thiophene rings is 1. The van der Waals surface area contributed by atoms with E-state index in [2.05, 4.69) is 181 Å². The van der Waals surface area contributed by atoms with Crippen LogP contribution in [0.15, 0.2) is 197 Å². The van der Waals surface area contributed by atoms with Crippen molar-refractivity contribution in [1.82, 2.24) is 0 Å². The predicted octanol–water partition coefficient (Wildman–Crippen LogP) is 15.8. The number of rotatable bonds is 5. The monoisotopic (exact) mass is 733 g/mol. The maximum atomic E-state index is 6.53. The SMILES string of the molecule is c1ccc(N(c2ccc(-c3cccc4oc5ccccc5c34)cc2)c2cccc3c2sc2ccccc23)c(-c2ccc3oc4c5ccccc5ccc4c3c2)c1. The van der Waals surface area contributed by atoms with Gasteiger partial charge in [0.1, 0.15) is 22.3 Å². The Hall–Kier alpha value is -7.14. The molecule has 0 aliphatic carbocycles. The van der Waals surface area contributed by atoms with E-state index in [9.17, 15) is 0 Å². The first-order valence-corrected chi connectivity index (χ1v) is 19.7. The van der Waals surface area contributed by atoms with Crippen LogP contribution in [0, 0.1) is 0 Å². The van der Waals surface area contributed by atoms with Crippen molar-refractivity contribution in [2.45, 2.75) is 0 Å². The van der Waals surface area contributed by atoms with E-state index in [0.717, 1.165) is 88.6 Å². The molecule has 262 valence electrons. The number of benzene rings is 9. The molecule has 0 aliphatic rings. The fourth-order valence-corrected chi connectivity index (χ4v) is 9.91. The summed E-state index contributed by atoms with van der Waals surface area (Å²) in [7, 11) is 0. The molecule has 0 bridgehead atoms. The molecule has 0 saturated heterocycles. The van der Waals surface area contributed by atoms with Gasteiger partial charge in [0.05, 0.1) is 16.1 Å². The third-order valence-corrected chi connectivity index (χ3v) is 12.5. The molecule has 0 atom stereocenters. The standard InChI is InChI=1S/C52H31NO2S/c1-2-13-38-32(11-1)25-29-40-43-31-34(26-30-47(43)55-51(38)40)36-12-3-6-18-44(36)53(45-19-9-17-41-39-14-5-8-22-49(39)56-52(41)45)35-27-23-33(24-28-35)37-16-10-21-48-50(37)42-15-4-7-20-46(42)54-48/h1-31H. The Morgan fingerprint density at radius 3 is 2.00 bits per heavy atom. The van der Waals surface area contributed by atoms with Gasteiger partial charge in [-0.05, 0) is 82.7 Å². The normalized spacial score (nSPS) is 11.9. The summed E-state index contributed by atoms with van der Waals surface area (Å²) in [6.07, 6.45) is 0. The van der Waals surface area contributed by atoms with Gasteiger partial charge in [-0.15, -0.1) is 11.3 Å². The van der Waals surface area contributed by atoms with Crippen LogP contribution in [0.2, 0.25) is 0 Å². The lowest BCUT2D eigenvalue weighted by atomic mass is 9.97. The Morgan fingerprint density at radius 2 is 1.07 bits per heavy atom. The Morgan fingerprint density at radius 1 is 0.393 bits per heavy atom. The van der Waals surface area contributed by atoms with Gasteiger partial charge in [-0.1, -0.05) is 127 Å². The maximum Gasteiger partial charge on any atom is 0.143 e. The van der Waals surface area contributed by atoms with Gasteiger partial charge in [0.2, 0.25) is 0 Å². The number of furan rings is 2. The number of hydrogen-bond donors (Lipinski definition) is 0. The highest BCUT2D eigenvalue weighted by Gasteiger charge is 2.22. The highest BCUT2D eigenvalue weighted by Crippen LogP contribution is 2.48. The summed E-state index contributed by atoms with van der Waals surface area (Å²) in [6.45, 7) is 0. The first kappa shape index (κ1) is 31.2. The van der Waals surface area contributed by atoms with Crippen LogP contribution in [0.1, 0.15) is 0 Å². The molecular weight excluding hydrogens is 703 g/mol. The second-order valence-electron chi connectivity index (χ2n) is 14.4. The van der Waals surface area contributed by atoms with Crippen molar-refractivity contribution < 1.29 is 8.83 Å². The van der Waals surface area contributed by atoms with Crippen molar-refractivity contribution in [3.8, 4) is 22.3 Å². The van der Waals surface area contributed by atoms with Gasteiger partial charge in [0.25, 0.3) is 0 Å². The Kier molecular flexibility index (Phi) is 6.80. The molecule has 4 heteroatoms. The van der Waals surface area contributed by atoms with Gasteiger partial charge >= 0.3 is 0 Å². The van der Waals surface area contributed by atoms with Crippen LogP contribution in [0.25, 0.3) is 97.1 Å². The zero-order valence-electron chi connectivity index (χ0n) is 30.1. The molecule has 0 amide bonds. The molecule has 0 fully saturated rings. The van der Waals surface area contributed by atoms with Crippen LogP contribution in [0.3, 0.4) is 0 Å². The number of hydrogen-bond acceptors (Lipinski definition) is 4. The summed E-state index contributed by atoms with van der Waals surface area (Å²) in [4.78, 5) is 2.44. The van der Waals surface area contributed by atoms with Gasteiger partial charge in [0, 0.05) is 53.7 Å². The highest BCUT2D eigenvalue weighted by atomic mass is 32.1. The lowest BCUT2D eigenvalue weighted by molar-refractivity contribution is 0.669. The summed E-state index contributed by atoms with van der Waals surface area (Å²) >= 11 is 1.85. The van der Waals surface area contributed by atoms with Crippen LogP contribution >= 0.6 is 11.3 Å². The van der Waals surface area contributed by atoms with Crippen molar-refractivity contribution in [1.29, 1.82) is 0 Å². The molecule has 9 aromatic carbocycles. The lowest BCUT2D eigenvalue weighted by Gasteiger charge is -2.28. The van der Waals surface area contributed by atoms with Crippen LogP contribution in [-0.2, 0) is 0 Å². The Balaban J connectivity index is 1.06. The molecular formula is C52H31NO2S. The molecule has 0 saturated carbocycles. The largest absolute Gasteiger partial charge is 0.456 e. The van der Waals surface area contributed by atoms with E-state index >= 15 is 0 Å². The van der Waals surface area contributed by atoms with E-state index in [1.54, 1.807) is 0 Å². The number of anilines is 3. The minimum absolute atomic E-state index is 0.889. The van der Waals surface area contributed by atoms with Crippen molar-refractivity contribution in [2.75, 3.05) is 4.90 Å². The van der Waals surface area contributed by atoms with Gasteiger partial charge in [-0.3, -0.25) is 0 Å². The highest BCUT2D eigenvalue weighted by molar-refractivity contribution is 7.26. The number of nitrogens with zero attached hydrogens (tertiary/aromatic N) is 1. The Labute approximate surface area is 325 Å². The molecule has 3 heterocycles. The van der Waals surface area contributed by atoms with Crippen LogP contribution < -0.4 is 4.90 Å². The van der Waals surface area contributed by atoms with Gasteiger partial charge in [-0.2, -0.15) is 0 Å². The fourth-order valence-electron chi connectivity index (χ4n) is 8.71. The zero-order chi connectivity index (χ0) is 36.7. The molecule has 0 aliphatic heterocycles. The summed E-state index contributed by atoms with van der Waals surface area (Å²) in [5, 5.41) is 9.36. The molecule has 3 aromatic heterocycles. The second-order valence-corrected chi connectivity index (χ2v) is 15.5. The van der Waals surface area contributed by atoms with E-state index in [-0.39, 0.29) is 0 Å². The molecule has 56 heavy (non-hydrogen) atoms. The summed E-state index contributed by atoms with van der Waals surface area (Å²) < 4.78 is 15.3. The van der Waals surface area contributed by atoms with E-state index in [1.165, 1.54) is 25.6 Å². The topological polar surface area (TPSA) is 29.5 Å². The van der Waals surface area contributed by atoms with Crippen LogP contribution in [-0.4, -0.2) is 0 Å². The van der Waals surface area contributed by atoms with Crippen LogP contribution in [0.5, 0.6) is 0 Å². The van der Waals surface area contributed by atoms with Crippen molar-refractivity contribution in [3.05, 3.63) is 188 Å². The predicted molar refractivity (Wildman–Crippen MR) is 237 cm³/mol. The first-order chi connectivity index (χ1) is 27.8. The quantitative estimate of drug-likeness (QED) is 0.176. The fraction of sp³-hybridized carbons (Fsp3) is 0. The molecule has 0 radical (unpaired) electrons. The average molecular weight is 734 g/mol. The van der Waals surface area contributed by atoms with Crippen molar-refractivity contribution in [3.63, 3.8) is 0 Å². The van der Waals surface area contributed by atoms with Crippen molar-refractivity contribution >= 4 is 103 Å². The molecule has 0 N–H and O–H groups in total. The van der Waals surface area contributed by atoms with Gasteiger partial charge in [0.15, 0.2) is 0 Å². The van der Waals surface area contributed by atoms with Crippen molar-refractivity contribution in [2.24, 2.45) is 0 Å². The van der Waals surface area contributed by atoms with E-state index in [4.69, 9.17) is 8.83 Å². The molecule has 0 unspecified atom stereocenters. The zero-order valence-corrected chi connectivity index (χ0v) is 30.9. The smallest absolute Gasteiger partial charge is 0.143 e. The maximum absolute atomic E-state index is 6.53. The summed E-state index contributed by atoms with van der Waals surface area (Å²) in [6, 6.07) is 67.3.